The minimum absolute atomic E-state index is 0.238. The summed E-state index contributed by atoms with van der Waals surface area (Å²) in [7, 11) is 0. The molecule has 0 saturated carbocycles. The molecule has 2 rings (SSSR count). The Morgan fingerprint density at radius 3 is 3.10 bits per heavy atom. The molecule has 1 radical (unpaired) electrons. The number of hydrogen-bond acceptors (Lipinski definition) is 2. The van der Waals surface area contributed by atoms with Gasteiger partial charge in [-0.05, 0) is 18.9 Å². The Kier molecular flexibility index (Phi) is 1.63. The maximum Gasteiger partial charge on any atom is 0.138 e. The first-order chi connectivity index (χ1) is 4.97. The fourth-order valence-corrected chi connectivity index (χ4v) is 1.37. The molecule has 0 aliphatic carbocycles. The van der Waals surface area contributed by atoms with Gasteiger partial charge in [0.2, 0.25) is 0 Å². The van der Waals surface area contributed by atoms with E-state index in [4.69, 9.17) is 9.47 Å². The van der Waals surface area contributed by atoms with Gasteiger partial charge in [-0.3, -0.25) is 0 Å². The quantitative estimate of drug-likeness (QED) is 0.549. The first-order valence-corrected chi connectivity index (χ1v) is 3.76. The van der Waals surface area contributed by atoms with E-state index in [0.29, 0.717) is 0 Å². The third-order valence-corrected chi connectivity index (χ3v) is 1.90. The van der Waals surface area contributed by atoms with Gasteiger partial charge in [-0.25, -0.2) is 0 Å². The van der Waals surface area contributed by atoms with Crippen molar-refractivity contribution in [3.8, 4) is 0 Å². The lowest BCUT2D eigenvalue weighted by atomic mass is 10.1. The summed E-state index contributed by atoms with van der Waals surface area (Å²) < 4.78 is 10.7. The van der Waals surface area contributed by atoms with Crippen LogP contribution in [0.25, 0.3) is 0 Å². The van der Waals surface area contributed by atoms with Gasteiger partial charge in [0.05, 0.1) is 6.26 Å². The molecule has 55 valence electrons. The molecule has 0 N–H and O–H groups in total. The van der Waals surface area contributed by atoms with Crippen molar-refractivity contribution in [1.82, 2.24) is 0 Å². The summed E-state index contributed by atoms with van der Waals surface area (Å²) in [5.74, 6) is 0. The predicted octanol–water partition coefficient (Wildman–Crippen LogP) is 1.63. The summed E-state index contributed by atoms with van der Waals surface area (Å²) in [4.78, 5) is 0. The van der Waals surface area contributed by atoms with E-state index in [1.54, 1.807) is 6.26 Å². The van der Waals surface area contributed by atoms with E-state index in [-0.39, 0.29) is 6.10 Å². The molecule has 2 aliphatic heterocycles. The van der Waals surface area contributed by atoms with Crippen molar-refractivity contribution in [3.05, 3.63) is 18.4 Å². The van der Waals surface area contributed by atoms with Crippen molar-refractivity contribution in [2.45, 2.75) is 25.4 Å². The van der Waals surface area contributed by atoms with Crippen molar-refractivity contribution in [2.24, 2.45) is 0 Å². The highest BCUT2D eigenvalue weighted by Crippen LogP contribution is 2.29. The Balaban J connectivity index is 1.87. The number of hydrogen-bond donors (Lipinski definition) is 0. The van der Waals surface area contributed by atoms with Gasteiger partial charge in [0.25, 0.3) is 0 Å². The van der Waals surface area contributed by atoms with Gasteiger partial charge in [0.15, 0.2) is 0 Å². The average Bonchev–Trinajstić information content (AvgIpc) is 2.59. The third kappa shape index (κ3) is 1.03. The Hall–Kier alpha value is -0.500. The van der Waals surface area contributed by atoms with Crippen molar-refractivity contribution in [1.29, 1.82) is 0 Å². The van der Waals surface area contributed by atoms with E-state index in [9.17, 15) is 0 Å². The second kappa shape index (κ2) is 2.62. The van der Waals surface area contributed by atoms with Gasteiger partial charge in [-0.1, -0.05) is 0 Å². The van der Waals surface area contributed by atoms with E-state index in [0.717, 1.165) is 32.0 Å². The molecule has 0 aromatic rings. The second-order valence-corrected chi connectivity index (χ2v) is 2.65. The molecule has 1 unspecified atom stereocenters. The lowest BCUT2D eigenvalue weighted by molar-refractivity contribution is 0.0740. The molecular weight excluding hydrogens is 128 g/mol. The molecule has 1 saturated heterocycles. The van der Waals surface area contributed by atoms with Crippen LogP contribution in [0.2, 0.25) is 0 Å². The molecule has 0 bridgehead atoms. The number of rotatable bonds is 1. The van der Waals surface area contributed by atoms with Gasteiger partial charge in [-0.2, -0.15) is 0 Å². The summed E-state index contributed by atoms with van der Waals surface area (Å²) in [6.45, 7) is 0.884. The van der Waals surface area contributed by atoms with E-state index >= 15 is 0 Å². The average molecular weight is 139 g/mol. The second-order valence-electron chi connectivity index (χ2n) is 2.65. The highest BCUT2D eigenvalue weighted by atomic mass is 16.5. The highest BCUT2D eigenvalue weighted by molar-refractivity contribution is 5.01. The van der Waals surface area contributed by atoms with Gasteiger partial charge in [0.1, 0.15) is 12.2 Å². The molecule has 2 aliphatic rings. The zero-order valence-corrected chi connectivity index (χ0v) is 5.88. The maximum atomic E-state index is 5.39. The molecule has 2 heterocycles. The van der Waals surface area contributed by atoms with Crippen LogP contribution >= 0.6 is 0 Å². The predicted molar refractivity (Wildman–Crippen MR) is 37.1 cm³/mol. The Labute approximate surface area is 60.8 Å². The molecule has 0 aromatic heterocycles. The molecule has 0 spiro atoms. The lowest BCUT2D eigenvalue weighted by Crippen LogP contribution is -2.15. The summed E-state index contributed by atoms with van der Waals surface area (Å²) in [5.41, 5.74) is 0. The van der Waals surface area contributed by atoms with Crippen LogP contribution in [0.4, 0.5) is 0 Å². The molecule has 2 nitrogen and oxygen atoms in total. The first-order valence-electron chi connectivity index (χ1n) is 3.76. The van der Waals surface area contributed by atoms with Gasteiger partial charge in [0, 0.05) is 13.0 Å². The van der Waals surface area contributed by atoms with Crippen LogP contribution in [0.15, 0.2) is 12.3 Å². The van der Waals surface area contributed by atoms with E-state index < -0.39 is 0 Å². The van der Waals surface area contributed by atoms with Gasteiger partial charge < -0.3 is 9.47 Å². The van der Waals surface area contributed by atoms with Crippen LogP contribution < -0.4 is 0 Å². The zero-order valence-electron chi connectivity index (χ0n) is 5.88. The van der Waals surface area contributed by atoms with Crippen molar-refractivity contribution < 1.29 is 9.47 Å². The molecular formula is C8H11O2. The Morgan fingerprint density at radius 2 is 2.50 bits per heavy atom. The van der Waals surface area contributed by atoms with Crippen LogP contribution in [-0.4, -0.2) is 12.7 Å². The minimum Gasteiger partial charge on any atom is -0.495 e. The Morgan fingerprint density at radius 1 is 1.50 bits per heavy atom. The molecule has 0 aromatic carbocycles. The lowest BCUT2D eigenvalue weighted by Gasteiger charge is -2.15. The smallest absolute Gasteiger partial charge is 0.138 e. The van der Waals surface area contributed by atoms with Crippen LogP contribution in [0, 0.1) is 6.10 Å². The molecule has 2 heteroatoms. The van der Waals surface area contributed by atoms with E-state index in [1.807, 2.05) is 6.08 Å². The van der Waals surface area contributed by atoms with E-state index in [1.165, 1.54) is 0 Å². The highest BCUT2D eigenvalue weighted by Gasteiger charge is 2.28. The summed E-state index contributed by atoms with van der Waals surface area (Å²) in [5, 5.41) is 0. The van der Waals surface area contributed by atoms with E-state index in [2.05, 4.69) is 0 Å². The zero-order chi connectivity index (χ0) is 6.81. The molecule has 0 amide bonds. The third-order valence-electron chi connectivity index (χ3n) is 1.90. The largest absolute Gasteiger partial charge is 0.495 e. The van der Waals surface area contributed by atoms with Crippen molar-refractivity contribution >= 4 is 0 Å². The Bertz CT molecular complexity index is 128. The van der Waals surface area contributed by atoms with Crippen LogP contribution in [0.1, 0.15) is 19.3 Å². The maximum absolute atomic E-state index is 5.39. The van der Waals surface area contributed by atoms with Crippen LogP contribution in [0.3, 0.4) is 0 Å². The number of ether oxygens (including phenoxy) is 2. The SMILES string of the molecule is C1=COC([C]2CCCO2)C1. The minimum atomic E-state index is 0.238. The van der Waals surface area contributed by atoms with Crippen LogP contribution in [-0.2, 0) is 9.47 Å². The summed E-state index contributed by atoms with van der Waals surface area (Å²) in [6.07, 6.45) is 8.43. The molecule has 10 heavy (non-hydrogen) atoms. The summed E-state index contributed by atoms with van der Waals surface area (Å²) in [6, 6.07) is 0. The fraction of sp³-hybridized carbons (Fsp3) is 0.625. The normalized spacial score (nSPS) is 33.0. The standard InChI is InChI=1S/C8H11O2/c1-3-7(9-5-1)8-4-2-6-10-8/h1,5,7H,2-4,6H2. The van der Waals surface area contributed by atoms with Gasteiger partial charge in [-0.15, -0.1) is 0 Å². The topological polar surface area (TPSA) is 18.5 Å². The molecule has 1 atom stereocenters. The van der Waals surface area contributed by atoms with Crippen LogP contribution in [0.5, 0.6) is 0 Å². The first kappa shape index (κ1) is 6.23. The van der Waals surface area contributed by atoms with Crippen molar-refractivity contribution in [2.75, 3.05) is 6.61 Å². The monoisotopic (exact) mass is 139 g/mol. The summed E-state index contributed by atoms with van der Waals surface area (Å²) >= 11 is 0. The fourth-order valence-electron chi connectivity index (χ4n) is 1.37. The van der Waals surface area contributed by atoms with Crippen molar-refractivity contribution in [3.63, 3.8) is 0 Å². The molecule has 1 fully saturated rings. The van der Waals surface area contributed by atoms with Gasteiger partial charge >= 0.3 is 0 Å².